The molecular formula is C23H22N4O6. The van der Waals surface area contributed by atoms with Crippen molar-refractivity contribution in [2.24, 2.45) is 14.1 Å². The minimum Gasteiger partial charge on any atom is -0.454 e. The van der Waals surface area contributed by atoms with Gasteiger partial charge in [-0.25, -0.2) is 9.59 Å². The zero-order chi connectivity index (χ0) is 24.3. The molecule has 0 aliphatic rings. The number of ether oxygens (including phenoxy) is 1. The third kappa shape index (κ3) is 4.74. The van der Waals surface area contributed by atoms with Gasteiger partial charge in [-0.3, -0.25) is 23.5 Å². The zero-order valence-electron chi connectivity index (χ0n) is 18.2. The highest BCUT2D eigenvalue weighted by Gasteiger charge is 2.22. The van der Waals surface area contributed by atoms with E-state index in [9.17, 15) is 24.0 Å². The van der Waals surface area contributed by atoms with Gasteiger partial charge in [0.05, 0.1) is 11.3 Å². The van der Waals surface area contributed by atoms with Crippen molar-refractivity contribution >= 4 is 29.2 Å². The van der Waals surface area contributed by atoms with Crippen LogP contribution < -0.4 is 22.3 Å². The average molecular weight is 450 g/mol. The predicted octanol–water partition coefficient (Wildman–Crippen LogP) is 1.27. The number of nitrogens with two attached hydrogens (primary N) is 1. The number of hydrogen-bond acceptors (Lipinski definition) is 7. The van der Waals surface area contributed by atoms with E-state index in [1.807, 2.05) is 13.0 Å². The van der Waals surface area contributed by atoms with Gasteiger partial charge < -0.3 is 15.8 Å². The first-order valence-electron chi connectivity index (χ1n) is 9.84. The smallest absolute Gasteiger partial charge is 0.340 e. The lowest BCUT2D eigenvalue weighted by Gasteiger charge is -2.12. The summed E-state index contributed by atoms with van der Waals surface area (Å²) in [5.74, 6) is -2.49. The lowest BCUT2D eigenvalue weighted by molar-refractivity contribution is 0.0475. The van der Waals surface area contributed by atoms with Gasteiger partial charge in [0, 0.05) is 19.7 Å². The van der Waals surface area contributed by atoms with E-state index in [0.717, 1.165) is 14.7 Å². The Morgan fingerprint density at radius 2 is 1.70 bits per heavy atom. The van der Waals surface area contributed by atoms with E-state index in [-0.39, 0.29) is 17.1 Å². The lowest BCUT2D eigenvalue weighted by atomic mass is 10.1. The Morgan fingerprint density at radius 1 is 1.00 bits per heavy atom. The Kier molecular flexibility index (Phi) is 6.57. The Labute approximate surface area is 188 Å². The number of aryl methyl sites for hydroxylation is 1. The van der Waals surface area contributed by atoms with E-state index in [4.69, 9.17) is 10.5 Å². The number of para-hydroxylation sites is 1. The van der Waals surface area contributed by atoms with Crippen molar-refractivity contribution in [1.82, 2.24) is 9.13 Å². The molecule has 0 atom stereocenters. The monoisotopic (exact) mass is 450 g/mol. The van der Waals surface area contributed by atoms with Crippen molar-refractivity contribution in [2.45, 2.75) is 6.92 Å². The number of nitrogens with zero attached hydrogens (tertiary/aromatic N) is 2. The number of benzene rings is 2. The third-order valence-corrected chi connectivity index (χ3v) is 5.00. The molecule has 3 rings (SSSR count). The van der Waals surface area contributed by atoms with Gasteiger partial charge in [0.2, 0.25) is 5.78 Å². The fourth-order valence-electron chi connectivity index (χ4n) is 3.15. The first kappa shape index (κ1) is 23.2. The molecule has 10 nitrogen and oxygen atoms in total. The molecule has 170 valence electrons. The SMILES string of the molecule is Cc1cccc(C(=O)Nc2ccccc2C(=O)OCC(=O)c2c(N)n(C)c(=O)n(C)c2=O)c1. The molecule has 0 spiro atoms. The largest absolute Gasteiger partial charge is 0.454 e. The van der Waals surface area contributed by atoms with Gasteiger partial charge in [0.1, 0.15) is 11.4 Å². The highest BCUT2D eigenvalue weighted by molar-refractivity contribution is 6.08. The van der Waals surface area contributed by atoms with Crippen LogP contribution in [0, 0.1) is 6.92 Å². The minimum atomic E-state index is -0.887. The summed E-state index contributed by atoms with van der Waals surface area (Å²) in [5, 5.41) is 2.66. The van der Waals surface area contributed by atoms with Crippen molar-refractivity contribution in [1.29, 1.82) is 0 Å². The van der Waals surface area contributed by atoms with Crippen molar-refractivity contribution in [3.05, 3.63) is 91.6 Å². The van der Waals surface area contributed by atoms with Crippen LogP contribution in [0.5, 0.6) is 0 Å². The Bertz CT molecular complexity index is 1390. The van der Waals surface area contributed by atoms with Crippen LogP contribution in [-0.4, -0.2) is 33.4 Å². The van der Waals surface area contributed by atoms with E-state index >= 15 is 0 Å². The number of hydrogen-bond donors (Lipinski definition) is 2. The molecule has 0 aliphatic heterocycles. The number of anilines is 2. The molecular weight excluding hydrogens is 428 g/mol. The summed E-state index contributed by atoms with van der Waals surface area (Å²) in [6.45, 7) is 1.07. The van der Waals surface area contributed by atoms with Crippen LogP contribution in [0.1, 0.15) is 36.6 Å². The van der Waals surface area contributed by atoms with Gasteiger partial charge in [-0.1, -0.05) is 29.8 Å². The topological polar surface area (TPSA) is 142 Å². The van der Waals surface area contributed by atoms with E-state index in [0.29, 0.717) is 5.56 Å². The molecule has 0 radical (unpaired) electrons. The summed E-state index contributed by atoms with van der Waals surface area (Å²) >= 11 is 0. The molecule has 0 saturated heterocycles. The Hall–Kier alpha value is -4.47. The first-order chi connectivity index (χ1) is 15.6. The number of rotatable bonds is 6. The van der Waals surface area contributed by atoms with Crippen LogP contribution in [0.4, 0.5) is 11.5 Å². The van der Waals surface area contributed by atoms with Crippen LogP contribution in [0.25, 0.3) is 0 Å². The maximum atomic E-state index is 12.6. The highest BCUT2D eigenvalue weighted by Crippen LogP contribution is 2.18. The second kappa shape index (κ2) is 9.35. The number of nitrogens with one attached hydrogen (secondary N) is 1. The number of esters is 1. The second-order valence-electron chi connectivity index (χ2n) is 7.33. The standard InChI is InChI=1S/C23H22N4O6/c1-13-7-6-8-14(11-13)20(29)25-16-10-5-4-9-15(16)22(31)33-12-17(28)18-19(24)26(2)23(32)27(3)21(18)30/h4-11H,12,24H2,1-3H3,(H,25,29). The number of Topliss-reactive ketones (excluding diaryl/α,β-unsaturated/α-hetero) is 1. The summed E-state index contributed by atoms with van der Waals surface area (Å²) in [6, 6.07) is 13.1. The second-order valence-corrected chi connectivity index (χ2v) is 7.33. The molecule has 0 fully saturated rings. The summed E-state index contributed by atoms with van der Waals surface area (Å²) in [4.78, 5) is 62.0. The quantitative estimate of drug-likeness (QED) is 0.425. The summed E-state index contributed by atoms with van der Waals surface area (Å²) in [6.07, 6.45) is 0. The van der Waals surface area contributed by atoms with Crippen LogP contribution >= 0.6 is 0 Å². The number of ketones is 1. The van der Waals surface area contributed by atoms with Gasteiger partial charge in [0.15, 0.2) is 6.61 Å². The van der Waals surface area contributed by atoms with Gasteiger partial charge in [-0.15, -0.1) is 0 Å². The molecule has 2 aromatic carbocycles. The average Bonchev–Trinajstić information content (AvgIpc) is 2.80. The number of nitrogen functional groups attached to an aromatic ring is 1. The lowest BCUT2D eigenvalue weighted by Crippen LogP contribution is -2.42. The number of carbonyl (C=O) groups excluding carboxylic acids is 3. The van der Waals surface area contributed by atoms with Crippen LogP contribution in [0.15, 0.2) is 58.1 Å². The third-order valence-electron chi connectivity index (χ3n) is 5.00. The van der Waals surface area contributed by atoms with Gasteiger partial charge in [0.25, 0.3) is 11.5 Å². The van der Waals surface area contributed by atoms with Crippen molar-refractivity contribution in [3.8, 4) is 0 Å². The van der Waals surface area contributed by atoms with Gasteiger partial charge in [-0.2, -0.15) is 0 Å². The molecule has 10 heteroatoms. The fraction of sp³-hybridized carbons (Fsp3) is 0.174. The van der Waals surface area contributed by atoms with Crippen LogP contribution in [-0.2, 0) is 18.8 Å². The van der Waals surface area contributed by atoms with E-state index in [2.05, 4.69) is 5.32 Å². The highest BCUT2D eigenvalue weighted by atomic mass is 16.5. The summed E-state index contributed by atoms with van der Waals surface area (Å²) in [7, 11) is 2.52. The molecule has 1 aromatic heterocycles. The Balaban J connectivity index is 1.79. The summed E-state index contributed by atoms with van der Waals surface area (Å²) in [5.41, 5.74) is 5.26. The molecule has 0 bridgehead atoms. The normalized spacial score (nSPS) is 10.5. The number of amides is 1. The number of aromatic nitrogens is 2. The molecule has 1 heterocycles. The molecule has 0 unspecified atom stereocenters. The predicted molar refractivity (Wildman–Crippen MR) is 122 cm³/mol. The van der Waals surface area contributed by atoms with Crippen molar-refractivity contribution < 1.29 is 19.1 Å². The minimum absolute atomic E-state index is 0.0210. The molecule has 0 saturated carbocycles. The van der Waals surface area contributed by atoms with Crippen molar-refractivity contribution in [2.75, 3.05) is 17.7 Å². The molecule has 1 amide bonds. The Morgan fingerprint density at radius 3 is 2.39 bits per heavy atom. The zero-order valence-corrected chi connectivity index (χ0v) is 18.2. The molecule has 0 aliphatic carbocycles. The molecule has 3 aromatic rings. The van der Waals surface area contributed by atoms with E-state index in [1.165, 1.54) is 26.2 Å². The van der Waals surface area contributed by atoms with Crippen LogP contribution in [0.3, 0.4) is 0 Å². The molecule has 33 heavy (non-hydrogen) atoms. The first-order valence-corrected chi connectivity index (χ1v) is 9.84. The van der Waals surface area contributed by atoms with Gasteiger partial charge >= 0.3 is 11.7 Å². The van der Waals surface area contributed by atoms with E-state index < -0.39 is 41.1 Å². The maximum absolute atomic E-state index is 12.6. The van der Waals surface area contributed by atoms with E-state index in [1.54, 1.807) is 30.3 Å². The number of carbonyl (C=O) groups is 3. The summed E-state index contributed by atoms with van der Waals surface area (Å²) < 4.78 is 6.77. The molecule has 3 N–H and O–H groups in total. The van der Waals surface area contributed by atoms with Gasteiger partial charge in [-0.05, 0) is 31.2 Å². The van der Waals surface area contributed by atoms with Crippen LogP contribution in [0.2, 0.25) is 0 Å². The fourth-order valence-corrected chi connectivity index (χ4v) is 3.15. The maximum Gasteiger partial charge on any atom is 0.340 e. The van der Waals surface area contributed by atoms with Crippen molar-refractivity contribution in [3.63, 3.8) is 0 Å².